The van der Waals surface area contributed by atoms with E-state index in [1.165, 1.54) is 0 Å². The van der Waals surface area contributed by atoms with E-state index in [1.807, 2.05) is 43.5 Å². The Morgan fingerprint density at radius 3 is 2.82 bits per heavy atom. The van der Waals surface area contributed by atoms with Gasteiger partial charge in [-0.15, -0.1) is 0 Å². The minimum Gasteiger partial charge on any atom is -0.497 e. The summed E-state index contributed by atoms with van der Waals surface area (Å²) in [6.07, 6.45) is 3.59. The molecule has 0 fully saturated rings. The number of benzene rings is 1. The molecule has 88 valence electrons. The molecule has 1 heterocycles. The quantitative estimate of drug-likeness (QED) is 0.877. The maximum Gasteiger partial charge on any atom is 0.119 e. The number of rotatable bonds is 3. The number of hydrogen-bond acceptors (Lipinski definition) is 3. The molecule has 1 unspecified atom stereocenters. The van der Waals surface area contributed by atoms with Crippen LogP contribution >= 0.6 is 0 Å². The van der Waals surface area contributed by atoms with E-state index >= 15 is 0 Å². The molecule has 1 aromatic heterocycles. The number of hydrogen-bond donors (Lipinski definition) is 1. The summed E-state index contributed by atoms with van der Waals surface area (Å²) in [5.74, 6) is 0.819. The molecule has 2 N–H and O–H groups in total. The number of nitrogens with zero attached hydrogens (tertiary/aromatic N) is 1. The molecule has 0 saturated carbocycles. The lowest BCUT2D eigenvalue weighted by Crippen LogP contribution is -2.13. The van der Waals surface area contributed by atoms with Gasteiger partial charge in [-0.1, -0.05) is 12.1 Å². The second-order valence-corrected chi connectivity index (χ2v) is 3.99. The van der Waals surface area contributed by atoms with E-state index < -0.39 is 0 Å². The van der Waals surface area contributed by atoms with Crippen LogP contribution < -0.4 is 10.5 Å². The Morgan fingerprint density at radius 1 is 1.29 bits per heavy atom. The van der Waals surface area contributed by atoms with Gasteiger partial charge < -0.3 is 10.5 Å². The first-order valence-corrected chi connectivity index (χ1v) is 5.52. The number of aryl methyl sites for hydroxylation is 1. The third kappa shape index (κ3) is 2.45. The van der Waals surface area contributed by atoms with Crippen molar-refractivity contribution in [3.8, 4) is 5.75 Å². The van der Waals surface area contributed by atoms with Crippen LogP contribution in [0.5, 0.6) is 5.75 Å². The van der Waals surface area contributed by atoms with Gasteiger partial charge in [-0.3, -0.25) is 4.98 Å². The van der Waals surface area contributed by atoms with Gasteiger partial charge in [0.2, 0.25) is 0 Å². The fraction of sp³-hybridized carbons (Fsp3) is 0.214. The first-order chi connectivity index (χ1) is 8.22. The van der Waals surface area contributed by atoms with Crippen LogP contribution in [-0.4, -0.2) is 12.1 Å². The lowest BCUT2D eigenvalue weighted by molar-refractivity contribution is 0.414. The van der Waals surface area contributed by atoms with Gasteiger partial charge in [0.15, 0.2) is 0 Å². The molecule has 0 amide bonds. The molecule has 0 spiro atoms. The molecule has 0 radical (unpaired) electrons. The fourth-order valence-electron chi connectivity index (χ4n) is 1.82. The van der Waals surface area contributed by atoms with E-state index in [9.17, 15) is 0 Å². The van der Waals surface area contributed by atoms with Crippen molar-refractivity contribution in [3.05, 3.63) is 59.4 Å². The van der Waals surface area contributed by atoms with Crippen molar-refractivity contribution in [3.63, 3.8) is 0 Å². The molecule has 2 aromatic rings. The Balaban J connectivity index is 2.37. The molecule has 17 heavy (non-hydrogen) atoms. The van der Waals surface area contributed by atoms with Crippen LogP contribution in [0.25, 0.3) is 0 Å². The topological polar surface area (TPSA) is 48.1 Å². The molecular formula is C14H16N2O. The lowest BCUT2D eigenvalue weighted by Gasteiger charge is -2.15. The highest BCUT2D eigenvalue weighted by atomic mass is 16.5. The Morgan fingerprint density at radius 2 is 2.12 bits per heavy atom. The molecule has 0 bridgehead atoms. The van der Waals surface area contributed by atoms with Gasteiger partial charge in [0.05, 0.1) is 13.2 Å². The minimum absolute atomic E-state index is 0.168. The van der Waals surface area contributed by atoms with E-state index in [2.05, 4.69) is 4.98 Å². The predicted molar refractivity (Wildman–Crippen MR) is 68.0 cm³/mol. The van der Waals surface area contributed by atoms with Crippen molar-refractivity contribution in [2.75, 3.05) is 7.11 Å². The Labute approximate surface area is 101 Å². The van der Waals surface area contributed by atoms with Gasteiger partial charge in [0, 0.05) is 12.4 Å². The zero-order valence-electron chi connectivity index (χ0n) is 10.1. The summed E-state index contributed by atoms with van der Waals surface area (Å²) in [7, 11) is 1.65. The first kappa shape index (κ1) is 11.6. The van der Waals surface area contributed by atoms with Crippen LogP contribution in [0.3, 0.4) is 0 Å². The normalized spacial score (nSPS) is 12.2. The van der Waals surface area contributed by atoms with Crippen molar-refractivity contribution < 1.29 is 4.74 Å². The predicted octanol–water partition coefficient (Wildman–Crippen LogP) is 2.45. The summed E-state index contributed by atoms with van der Waals surface area (Å²) in [6, 6.07) is 9.61. The summed E-state index contributed by atoms with van der Waals surface area (Å²) in [4.78, 5) is 4.12. The second kappa shape index (κ2) is 4.97. The van der Waals surface area contributed by atoms with Crippen molar-refractivity contribution in [2.45, 2.75) is 13.0 Å². The number of ether oxygens (including phenoxy) is 1. The largest absolute Gasteiger partial charge is 0.497 e. The maximum absolute atomic E-state index is 6.25. The third-order valence-electron chi connectivity index (χ3n) is 2.87. The van der Waals surface area contributed by atoms with Gasteiger partial charge >= 0.3 is 0 Å². The van der Waals surface area contributed by atoms with Crippen molar-refractivity contribution in [2.24, 2.45) is 5.73 Å². The minimum atomic E-state index is -0.168. The second-order valence-electron chi connectivity index (χ2n) is 3.99. The molecule has 0 aliphatic rings. The molecule has 1 aromatic carbocycles. The van der Waals surface area contributed by atoms with Crippen molar-refractivity contribution >= 4 is 0 Å². The number of methoxy groups -OCH3 is 1. The molecule has 2 rings (SSSR count). The Kier molecular flexibility index (Phi) is 3.40. The van der Waals surface area contributed by atoms with Gasteiger partial charge in [-0.25, -0.2) is 0 Å². The summed E-state index contributed by atoms with van der Waals surface area (Å²) in [5, 5.41) is 0. The average molecular weight is 228 g/mol. The van der Waals surface area contributed by atoms with Crippen LogP contribution in [0, 0.1) is 6.92 Å². The van der Waals surface area contributed by atoms with Crippen molar-refractivity contribution in [1.29, 1.82) is 0 Å². The average Bonchev–Trinajstić information content (AvgIpc) is 2.38. The summed E-state index contributed by atoms with van der Waals surface area (Å²) in [6.45, 7) is 2.04. The highest BCUT2D eigenvalue weighted by Crippen LogP contribution is 2.24. The highest BCUT2D eigenvalue weighted by Gasteiger charge is 2.11. The third-order valence-corrected chi connectivity index (χ3v) is 2.87. The summed E-state index contributed by atoms with van der Waals surface area (Å²) >= 11 is 0. The van der Waals surface area contributed by atoms with E-state index in [4.69, 9.17) is 10.5 Å². The van der Waals surface area contributed by atoms with Crippen LogP contribution in [0.1, 0.15) is 22.7 Å². The molecule has 0 saturated heterocycles. The SMILES string of the molecule is COc1cccc(C(N)c2cnccc2C)c1. The number of nitrogens with two attached hydrogens (primary N) is 1. The number of aromatic nitrogens is 1. The Bertz CT molecular complexity index is 511. The molecular weight excluding hydrogens is 212 g/mol. The standard InChI is InChI=1S/C14H16N2O/c1-10-6-7-16-9-13(10)14(15)11-4-3-5-12(8-11)17-2/h3-9,14H,15H2,1-2H3. The molecule has 0 aliphatic carbocycles. The van der Waals surface area contributed by atoms with Crippen molar-refractivity contribution in [1.82, 2.24) is 4.98 Å². The lowest BCUT2D eigenvalue weighted by atomic mass is 9.97. The van der Waals surface area contributed by atoms with E-state index in [0.29, 0.717) is 0 Å². The Hall–Kier alpha value is -1.87. The number of pyridine rings is 1. The maximum atomic E-state index is 6.25. The van der Waals surface area contributed by atoms with Gasteiger partial charge in [-0.2, -0.15) is 0 Å². The summed E-state index contributed by atoms with van der Waals surface area (Å²) in [5.41, 5.74) is 9.46. The van der Waals surface area contributed by atoms with Gasteiger partial charge in [-0.05, 0) is 41.8 Å². The van der Waals surface area contributed by atoms with Crippen LogP contribution in [0.4, 0.5) is 0 Å². The van der Waals surface area contributed by atoms with Gasteiger partial charge in [0.1, 0.15) is 5.75 Å². The molecule has 3 heteroatoms. The molecule has 1 atom stereocenters. The van der Waals surface area contributed by atoms with E-state index in [1.54, 1.807) is 13.3 Å². The van der Waals surface area contributed by atoms with Crippen LogP contribution in [-0.2, 0) is 0 Å². The first-order valence-electron chi connectivity index (χ1n) is 5.52. The fourth-order valence-corrected chi connectivity index (χ4v) is 1.82. The summed E-state index contributed by atoms with van der Waals surface area (Å²) < 4.78 is 5.20. The zero-order chi connectivity index (χ0) is 12.3. The van der Waals surface area contributed by atoms with E-state index in [0.717, 1.165) is 22.4 Å². The monoisotopic (exact) mass is 228 g/mol. The van der Waals surface area contributed by atoms with E-state index in [-0.39, 0.29) is 6.04 Å². The smallest absolute Gasteiger partial charge is 0.119 e. The molecule has 0 aliphatic heterocycles. The van der Waals surface area contributed by atoms with Gasteiger partial charge in [0.25, 0.3) is 0 Å². The van der Waals surface area contributed by atoms with Crippen LogP contribution in [0.2, 0.25) is 0 Å². The highest BCUT2D eigenvalue weighted by molar-refractivity contribution is 5.38. The zero-order valence-corrected chi connectivity index (χ0v) is 10.1. The van der Waals surface area contributed by atoms with Crippen LogP contribution in [0.15, 0.2) is 42.7 Å². The molecule has 3 nitrogen and oxygen atoms in total.